The van der Waals surface area contributed by atoms with Gasteiger partial charge in [-0.05, 0) is 41.9 Å². The molecule has 0 aromatic heterocycles. The lowest BCUT2D eigenvalue weighted by atomic mass is 9.92. The van der Waals surface area contributed by atoms with Crippen LogP contribution >= 0.6 is 12.2 Å². The molecule has 0 bridgehead atoms. The summed E-state index contributed by atoms with van der Waals surface area (Å²) in [6, 6.07) is 25.1. The van der Waals surface area contributed by atoms with Crippen LogP contribution in [-0.2, 0) is 4.74 Å². The SMILES string of the molecule is Cc1ccc(C2OC(=S)c3ccccc3-c3ccccc32)cc1. The van der Waals surface area contributed by atoms with Gasteiger partial charge in [-0.3, -0.25) is 0 Å². The minimum atomic E-state index is -0.174. The van der Waals surface area contributed by atoms with Crippen LogP contribution in [0.25, 0.3) is 11.1 Å². The van der Waals surface area contributed by atoms with Crippen LogP contribution in [0, 0.1) is 6.92 Å². The van der Waals surface area contributed by atoms with Crippen molar-refractivity contribution in [2.75, 3.05) is 0 Å². The Bertz CT molecular complexity index is 880. The average molecular weight is 316 g/mol. The monoisotopic (exact) mass is 316 g/mol. The Kier molecular flexibility index (Phi) is 3.47. The first-order chi connectivity index (χ1) is 11.2. The van der Waals surface area contributed by atoms with Crippen LogP contribution in [-0.4, -0.2) is 5.05 Å². The molecule has 1 atom stereocenters. The van der Waals surface area contributed by atoms with Crippen LogP contribution < -0.4 is 0 Å². The van der Waals surface area contributed by atoms with Crippen molar-refractivity contribution in [2.45, 2.75) is 13.0 Å². The van der Waals surface area contributed by atoms with Gasteiger partial charge in [-0.25, -0.2) is 0 Å². The molecule has 1 aliphatic heterocycles. The fourth-order valence-corrected chi connectivity index (χ4v) is 3.36. The van der Waals surface area contributed by atoms with Crippen molar-refractivity contribution in [2.24, 2.45) is 0 Å². The molecule has 0 saturated heterocycles. The molecular formula is C21H16OS. The van der Waals surface area contributed by atoms with E-state index < -0.39 is 0 Å². The smallest absolute Gasteiger partial charge is 0.192 e. The summed E-state index contributed by atoms with van der Waals surface area (Å²) in [5.41, 5.74) is 6.84. The second kappa shape index (κ2) is 5.64. The molecule has 4 rings (SSSR count). The van der Waals surface area contributed by atoms with E-state index in [1.54, 1.807) is 0 Å². The summed E-state index contributed by atoms with van der Waals surface area (Å²) in [6.07, 6.45) is -0.174. The summed E-state index contributed by atoms with van der Waals surface area (Å²) in [4.78, 5) is 0. The summed E-state index contributed by atoms with van der Waals surface area (Å²) in [5, 5.41) is 0.558. The fourth-order valence-electron chi connectivity index (χ4n) is 3.09. The van der Waals surface area contributed by atoms with Crippen molar-refractivity contribution >= 4 is 17.3 Å². The maximum atomic E-state index is 6.22. The predicted molar refractivity (Wildman–Crippen MR) is 97.7 cm³/mol. The first-order valence-corrected chi connectivity index (χ1v) is 8.11. The number of benzene rings is 3. The Morgan fingerprint density at radius 1 is 0.739 bits per heavy atom. The molecule has 1 heterocycles. The number of hydrogen-bond acceptors (Lipinski definition) is 2. The zero-order valence-electron chi connectivity index (χ0n) is 12.8. The summed E-state index contributed by atoms with van der Waals surface area (Å²) in [7, 11) is 0. The number of fused-ring (bicyclic) bond motifs is 3. The lowest BCUT2D eigenvalue weighted by Gasteiger charge is -2.19. The van der Waals surface area contributed by atoms with Crippen molar-refractivity contribution in [1.29, 1.82) is 0 Å². The molecular weight excluding hydrogens is 300 g/mol. The Hall–Kier alpha value is -2.45. The zero-order valence-corrected chi connectivity index (χ0v) is 13.6. The average Bonchev–Trinajstić information content (AvgIpc) is 2.72. The Morgan fingerprint density at radius 3 is 2.09 bits per heavy atom. The van der Waals surface area contributed by atoms with Gasteiger partial charge in [0.1, 0.15) is 0 Å². The molecule has 1 nitrogen and oxygen atoms in total. The third kappa shape index (κ3) is 2.45. The molecule has 112 valence electrons. The van der Waals surface area contributed by atoms with Gasteiger partial charge in [0.05, 0.1) is 0 Å². The highest BCUT2D eigenvalue weighted by Crippen LogP contribution is 2.39. The van der Waals surface area contributed by atoms with Crippen LogP contribution in [0.15, 0.2) is 72.8 Å². The Balaban J connectivity index is 1.94. The van der Waals surface area contributed by atoms with E-state index in [-0.39, 0.29) is 6.10 Å². The van der Waals surface area contributed by atoms with Gasteiger partial charge in [-0.1, -0.05) is 72.3 Å². The van der Waals surface area contributed by atoms with Gasteiger partial charge >= 0.3 is 0 Å². The molecule has 3 aromatic rings. The zero-order chi connectivity index (χ0) is 15.8. The summed E-state index contributed by atoms with van der Waals surface area (Å²) in [5.74, 6) is 0. The third-order valence-electron chi connectivity index (χ3n) is 4.29. The molecule has 2 heteroatoms. The van der Waals surface area contributed by atoms with E-state index >= 15 is 0 Å². The number of ether oxygens (including phenoxy) is 1. The molecule has 1 unspecified atom stereocenters. The third-order valence-corrected chi connectivity index (χ3v) is 4.60. The molecule has 0 aliphatic carbocycles. The second-order valence-corrected chi connectivity index (χ2v) is 6.20. The lowest BCUT2D eigenvalue weighted by molar-refractivity contribution is 0.243. The van der Waals surface area contributed by atoms with Crippen molar-refractivity contribution in [3.63, 3.8) is 0 Å². The fraction of sp³-hybridized carbons (Fsp3) is 0.0952. The molecule has 0 radical (unpaired) electrons. The number of rotatable bonds is 1. The van der Waals surface area contributed by atoms with Crippen LogP contribution in [0.1, 0.15) is 28.4 Å². The van der Waals surface area contributed by atoms with Gasteiger partial charge in [0, 0.05) is 11.1 Å². The molecule has 0 spiro atoms. The van der Waals surface area contributed by atoms with Crippen molar-refractivity contribution in [1.82, 2.24) is 0 Å². The van der Waals surface area contributed by atoms with Gasteiger partial charge in [0.2, 0.25) is 0 Å². The van der Waals surface area contributed by atoms with Crippen LogP contribution in [0.3, 0.4) is 0 Å². The van der Waals surface area contributed by atoms with Gasteiger partial charge in [0.15, 0.2) is 11.2 Å². The minimum absolute atomic E-state index is 0.174. The molecule has 0 saturated carbocycles. The van der Waals surface area contributed by atoms with E-state index in [1.807, 2.05) is 18.2 Å². The van der Waals surface area contributed by atoms with E-state index in [4.69, 9.17) is 17.0 Å². The molecule has 23 heavy (non-hydrogen) atoms. The molecule has 0 amide bonds. The highest BCUT2D eigenvalue weighted by Gasteiger charge is 2.26. The van der Waals surface area contributed by atoms with E-state index in [2.05, 4.69) is 61.5 Å². The quantitative estimate of drug-likeness (QED) is 0.552. The summed E-state index contributed by atoms with van der Waals surface area (Å²) < 4.78 is 6.22. The summed E-state index contributed by atoms with van der Waals surface area (Å²) in [6.45, 7) is 2.09. The molecule has 0 N–H and O–H groups in total. The second-order valence-electron chi connectivity index (χ2n) is 5.83. The van der Waals surface area contributed by atoms with Crippen LogP contribution in [0.5, 0.6) is 0 Å². The first kappa shape index (κ1) is 14.2. The van der Waals surface area contributed by atoms with Gasteiger partial charge in [-0.2, -0.15) is 0 Å². The van der Waals surface area contributed by atoms with E-state index in [0.717, 1.165) is 22.3 Å². The van der Waals surface area contributed by atoms with E-state index in [1.165, 1.54) is 11.1 Å². The Morgan fingerprint density at radius 2 is 1.35 bits per heavy atom. The van der Waals surface area contributed by atoms with Crippen molar-refractivity contribution < 1.29 is 4.74 Å². The number of thiocarbonyl (C=S) groups is 1. The molecule has 3 aromatic carbocycles. The maximum absolute atomic E-state index is 6.22. The van der Waals surface area contributed by atoms with Gasteiger partial charge < -0.3 is 4.74 Å². The summed E-state index contributed by atoms with van der Waals surface area (Å²) >= 11 is 5.58. The lowest BCUT2D eigenvalue weighted by Crippen LogP contribution is -2.10. The maximum Gasteiger partial charge on any atom is 0.192 e. The van der Waals surface area contributed by atoms with Crippen molar-refractivity contribution in [3.05, 3.63) is 95.1 Å². The number of hydrogen-bond donors (Lipinski definition) is 0. The standard InChI is InChI=1S/C21H16OS/c1-14-10-12-15(13-11-14)20-18-8-4-2-6-16(18)17-7-3-5-9-19(17)21(23)22-20/h2-13,20H,1H3. The van der Waals surface area contributed by atoms with Crippen molar-refractivity contribution in [3.8, 4) is 11.1 Å². The van der Waals surface area contributed by atoms with Gasteiger partial charge in [0.25, 0.3) is 0 Å². The Labute approximate surface area is 141 Å². The largest absolute Gasteiger partial charge is 0.470 e. The molecule has 0 fully saturated rings. The minimum Gasteiger partial charge on any atom is -0.470 e. The highest BCUT2D eigenvalue weighted by molar-refractivity contribution is 7.80. The van der Waals surface area contributed by atoms with Crippen LogP contribution in [0.4, 0.5) is 0 Å². The number of aryl methyl sites for hydroxylation is 1. The van der Waals surface area contributed by atoms with Crippen LogP contribution in [0.2, 0.25) is 0 Å². The molecule has 1 aliphatic rings. The van der Waals surface area contributed by atoms with E-state index in [9.17, 15) is 0 Å². The first-order valence-electron chi connectivity index (χ1n) is 7.70. The highest BCUT2D eigenvalue weighted by atomic mass is 32.1. The van der Waals surface area contributed by atoms with E-state index in [0.29, 0.717) is 5.05 Å². The topological polar surface area (TPSA) is 9.23 Å². The van der Waals surface area contributed by atoms with Gasteiger partial charge in [-0.15, -0.1) is 0 Å². The normalized spacial score (nSPS) is 16.0. The predicted octanol–water partition coefficient (Wildman–Crippen LogP) is 5.46.